The molecule has 0 aliphatic carbocycles. The summed E-state index contributed by atoms with van der Waals surface area (Å²) in [6.07, 6.45) is -1.54. The molecule has 2 heterocycles. The topological polar surface area (TPSA) is 84.9 Å². The molecule has 0 atom stereocenters. The van der Waals surface area contributed by atoms with Crippen LogP contribution in [0, 0.1) is 0 Å². The molecular weight excluding hydrogens is 343 g/mol. The second kappa shape index (κ2) is 7.05. The fourth-order valence-electron chi connectivity index (χ4n) is 2.12. The molecule has 1 aromatic heterocycles. The van der Waals surface area contributed by atoms with Gasteiger partial charge in [-0.05, 0) is 41.5 Å². The van der Waals surface area contributed by atoms with Crippen molar-refractivity contribution in [1.82, 2.24) is 9.97 Å². The molecule has 0 unspecified atom stereocenters. The molecule has 0 saturated carbocycles. The Hall–Kier alpha value is -2.45. The van der Waals surface area contributed by atoms with Crippen molar-refractivity contribution in [2.75, 3.05) is 22.9 Å². The first-order chi connectivity index (χ1) is 11.9. The number of halogens is 1. The Balaban J connectivity index is 2.32. The molecule has 2 rings (SSSR count). The highest BCUT2D eigenvalue weighted by molar-refractivity contribution is 6.08. The molecule has 9 heteroatoms. The van der Waals surface area contributed by atoms with E-state index in [0.717, 1.165) is 0 Å². The smallest absolute Gasteiger partial charge is 0.425 e. The predicted octanol–water partition coefficient (Wildman–Crippen LogP) is 3.31. The molecule has 1 aromatic rings. The Bertz CT molecular complexity index is 650. The summed E-state index contributed by atoms with van der Waals surface area (Å²) in [4.78, 5) is 35.6. The number of rotatable bonds is 2. The lowest BCUT2D eigenvalue weighted by Crippen LogP contribution is -2.49. The number of alkyl halides is 1. The van der Waals surface area contributed by atoms with E-state index in [1.807, 2.05) is 0 Å². The lowest BCUT2D eigenvalue weighted by atomic mass is 10.2. The van der Waals surface area contributed by atoms with Gasteiger partial charge in [-0.3, -0.25) is 0 Å². The number of ether oxygens (including phenoxy) is 2. The van der Waals surface area contributed by atoms with Gasteiger partial charge in [0.05, 0.1) is 13.1 Å². The number of nitrogens with zero attached hydrogens (tertiary/aromatic N) is 4. The third-order valence-electron chi connectivity index (χ3n) is 3.18. The van der Waals surface area contributed by atoms with Crippen LogP contribution in [0.5, 0.6) is 0 Å². The maximum Gasteiger partial charge on any atom is 0.425 e. The lowest BCUT2D eigenvalue weighted by molar-refractivity contribution is 0.0429. The first-order valence-corrected chi connectivity index (χ1v) is 8.33. The van der Waals surface area contributed by atoms with E-state index >= 15 is 0 Å². The fourth-order valence-corrected chi connectivity index (χ4v) is 2.12. The highest BCUT2D eigenvalue weighted by Crippen LogP contribution is 2.25. The van der Waals surface area contributed by atoms with E-state index in [0.29, 0.717) is 10.7 Å². The molecule has 1 fully saturated rings. The summed E-state index contributed by atoms with van der Waals surface area (Å²) in [7, 11) is 0. The van der Waals surface area contributed by atoms with Crippen molar-refractivity contribution in [2.45, 2.75) is 58.9 Å². The summed E-state index contributed by atoms with van der Waals surface area (Å²) in [6.45, 7) is 10.5. The Morgan fingerprint density at radius 1 is 1.08 bits per heavy atom. The van der Waals surface area contributed by atoms with Gasteiger partial charge < -0.3 is 14.4 Å². The van der Waals surface area contributed by atoms with Crippen molar-refractivity contribution in [3.8, 4) is 0 Å². The zero-order chi connectivity index (χ0) is 19.7. The maximum atomic E-state index is 13.1. The van der Waals surface area contributed by atoms with Crippen molar-refractivity contribution in [3.63, 3.8) is 0 Å². The highest BCUT2D eigenvalue weighted by atomic mass is 19.1. The van der Waals surface area contributed by atoms with Crippen molar-refractivity contribution >= 4 is 23.8 Å². The molecule has 1 saturated heterocycles. The van der Waals surface area contributed by atoms with Gasteiger partial charge in [0.25, 0.3) is 0 Å². The average molecular weight is 368 g/mol. The van der Waals surface area contributed by atoms with E-state index in [2.05, 4.69) is 9.97 Å². The van der Waals surface area contributed by atoms with Gasteiger partial charge in [0.1, 0.15) is 29.5 Å². The minimum Gasteiger partial charge on any atom is -0.443 e. The van der Waals surface area contributed by atoms with Crippen LogP contribution in [0.4, 0.5) is 25.6 Å². The minimum absolute atomic E-state index is 0.000748. The van der Waals surface area contributed by atoms with E-state index in [-0.39, 0.29) is 18.9 Å². The molecular formula is C17H25FN4O4. The Labute approximate surface area is 152 Å². The molecule has 0 N–H and O–H groups in total. The van der Waals surface area contributed by atoms with Gasteiger partial charge >= 0.3 is 12.2 Å². The number of amides is 2. The Kier molecular flexibility index (Phi) is 5.39. The van der Waals surface area contributed by atoms with Crippen LogP contribution in [0.25, 0.3) is 0 Å². The second-order valence-corrected chi connectivity index (χ2v) is 8.03. The van der Waals surface area contributed by atoms with Crippen molar-refractivity contribution in [3.05, 3.63) is 12.4 Å². The molecule has 0 bridgehead atoms. The Morgan fingerprint density at radius 2 is 1.58 bits per heavy atom. The molecule has 0 spiro atoms. The van der Waals surface area contributed by atoms with E-state index in [9.17, 15) is 14.0 Å². The van der Waals surface area contributed by atoms with Gasteiger partial charge in [-0.25, -0.2) is 23.9 Å². The molecule has 0 aromatic carbocycles. The summed E-state index contributed by atoms with van der Waals surface area (Å²) in [5.41, 5.74) is -1.63. The van der Waals surface area contributed by atoms with Crippen LogP contribution in [0.2, 0.25) is 0 Å². The zero-order valence-electron chi connectivity index (χ0n) is 15.9. The molecule has 0 radical (unpaired) electrons. The van der Waals surface area contributed by atoms with Gasteiger partial charge in [-0.15, -0.1) is 0 Å². The second-order valence-electron chi connectivity index (χ2n) is 8.03. The summed E-state index contributed by atoms with van der Waals surface area (Å²) in [5, 5.41) is 0. The van der Waals surface area contributed by atoms with Crippen LogP contribution in [-0.2, 0) is 9.47 Å². The van der Waals surface area contributed by atoms with Gasteiger partial charge in [0, 0.05) is 6.07 Å². The molecule has 8 nitrogen and oxygen atoms in total. The number of aromatic nitrogens is 2. The number of anilines is 2. The van der Waals surface area contributed by atoms with Crippen LogP contribution in [0.15, 0.2) is 12.4 Å². The number of hydrogen-bond acceptors (Lipinski definition) is 7. The molecule has 26 heavy (non-hydrogen) atoms. The standard InChI is InChI=1S/C17H25FN4O4/c1-16(2,3)25-14(23)22(15(24)26-17(4,5)6)13-7-12(19-10-20-13)21-8-11(18)9-21/h7,10-11H,8-9H2,1-6H3. The summed E-state index contributed by atoms with van der Waals surface area (Å²) < 4.78 is 23.7. The van der Waals surface area contributed by atoms with Crippen LogP contribution in [0.3, 0.4) is 0 Å². The van der Waals surface area contributed by atoms with Crippen LogP contribution < -0.4 is 9.80 Å². The number of carbonyl (C=O) groups excluding carboxylic acids is 2. The van der Waals surface area contributed by atoms with E-state index in [1.165, 1.54) is 12.4 Å². The van der Waals surface area contributed by atoms with E-state index < -0.39 is 29.6 Å². The first-order valence-electron chi connectivity index (χ1n) is 8.33. The van der Waals surface area contributed by atoms with Crippen molar-refractivity contribution in [1.29, 1.82) is 0 Å². The average Bonchev–Trinajstić information content (AvgIpc) is 2.40. The van der Waals surface area contributed by atoms with Crippen molar-refractivity contribution in [2.24, 2.45) is 0 Å². The number of carbonyl (C=O) groups is 2. The summed E-state index contributed by atoms with van der Waals surface area (Å²) in [6, 6.07) is 1.43. The predicted molar refractivity (Wildman–Crippen MR) is 94.1 cm³/mol. The third-order valence-corrected chi connectivity index (χ3v) is 3.18. The largest absolute Gasteiger partial charge is 0.443 e. The van der Waals surface area contributed by atoms with E-state index in [1.54, 1.807) is 46.4 Å². The van der Waals surface area contributed by atoms with Gasteiger partial charge in [-0.1, -0.05) is 0 Å². The van der Waals surface area contributed by atoms with Crippen LogP contribution >= 0.6 is 0 Å². The quantitative estimate of drug-likeness (QED) is 0.791. The first kappa shape index (κ1) is 19.9. The lowest BCUT2D eigenvalue weighted by Gasteiger charge is -2.35. The van der Waals surface area contributed by atoms with Crippen molar-refractivity contribution < 1.29 is 23.5 Å². The number of imide groups is 1. The normalized spacial score (nSPS) is 15.3. The Morgan fingerprint density at radius 3 is 2.00 bits per heavy atom. The fraction of sp³-hybridized carbons (Fsp3) is 0.647. The SMILES string of the molecule is CC(C)(C)OC(=O)N(C(=O)OC(C)(C)C)c1cc(N2CC(F)C2)ncn1. The van der Waals surface area contributed by atoms with Gasteiger partial charge in [0.2, 0.25) is 0 Å². The maximum absolute atomic E-state index is 13.1. The van der Waals surface area contributed by atoms with Gasteiger partial charge in [0.15, 0.2) is 5.82 Å². The monoisotopic (exact) mass is 368 g/mol. The van der Waals surface area contributed by atoms with Crippen LogP contribution in [-0.4, -0.2) is 52.6 Å². The van der Waals surface area contributed by atoms with Gasteiger partial charge in [-0.2, -0.15) is 4.90 Å². The molecule has 2 amide bonds. The summed E-state index contributed by atoms with van der Waals surface area (Å²) in [5.74, 6) is 0.418. The summed E-state index contributed by atoms with van der Waals surface area (Å²) >= 11 is 0. The molecule has 1 aliphatic heterocycles. The molecule has 144 valence electrons. The molecule has 1 aliphatic rings. The number of hydrogen-bond donors (Lipinski definition) is 0. The third kappa shape index (κ3) is 5.27. The minimum atomic E-state index is -0.916. The zero-order valence-corrected chi connectivity index (χ0v) is 15.9. The van der Waals surface area contributed by atoms with Crippen LogP contribution in [0.1, 0.15) is 41.5 Å². The highest BCUT2D eigenvalue weighted by Gasteiger charge is 2.35. The van der Waals surface area contributed by atoms with E-state index in [4.69, 9.17) is 9.47 Å².